The van der Waals surface area contributed by atoms with E-state index in [1.165, 1.54) is 89.1 Å². The number of hydrogen-bond donors (Lipinski definition) is 1. The maximum absolute atomic E-state index is 13.4. The van der Waals surface area contributed by atoms with Gasteiger partial charge in [-0.25, -0.2) is 0 Å². The van der Waals surface area contributed by atoms with Crippen molar-refractivity contribution in [3.05, 3.63) is 86.1 Å². The van der Waals surface area contributed by atoms with Gasteiger partial charge < -0.3 is 10.0 Å². The predicted octanol–water partition coefficient (Wildman–Crippen LogP) is 8.58. The van der Waals surface area contributed by atoms with Gasteiger partial charge in [-0.3, -0.25) is 23.9 Å². The lowest BCUT2D eigenvalue weighted by Gasteiger charge is -2.27. The second kappa shape index (κ2) is 18.3. The van der Waals surface area contributed by atoms with Crippen molar-refractivity contribution in [2.75, 3.05) is 17.2 Å². The molecule has 3 aliphatic rings. The Labute approximate surface area is 324 Å². The number of carboxylic acids is 1. The maximum atomic E-state index is 13.4. The van der Waals surface area contributed by atoms with Crippen LogP contribution in [-0.4, -0.2) is 49.1 Å². The van der Waals surface area contributed by atoms with Crippen LogP contribution in [0.15, 0.2) is 58.2 Å². The van der Waals surface area contributed by atoms with Gasteiger partial charge >= 0.3 is 5.97 Å². The Morgan fingerprint density at radius 1 is 1.04 bits per heavy atom. The molecule has 11 heteroatoms. The number of thiazole rings is 1. The molecule has 3 heterocycles. The molecular weight excluding hydrogens is 727 g/mol. The number of carboxylic acid groups (broad SMARTS) is 1. The predicted molar refractivity (Wildman–Crippen MR) is 222 cm³/mol. The van der Waals surface area contributed by atoms with E-state index >= 15 is 0 Å². The minimum absolute atomic E-state index is 0.280. The number of aromatic nitrogens is 1. The van der Waals surface area contributed by atoms with Gasteiger partial charge in [-0.15, -0.1) is 23.1 Å². The Hall–Kier alpha value is -3.12. The number of anilines is 2. The Bertz CT molecular complexity index is 1980. The standard InChI is InChI=1S/C41H47N3O4S4/c1-3-5-6-7-8-9-10-11-25-50-30-21-19-29(20-22-30)44-33-16-13-15-31(33)32-26-28(18-23-34(32)44)14-12-17-35-38(47)43(27-36(45)46)40(51-35)37-39(48)42(24-4-2)41(49)52-37/h1,12,14,17-23,26,31,33H,3-11,13,15-16,24-25,27H2,2H3,(H,45,46)/b14-12?,35-17?,40-37+. The van der Waals surface area contributed by atoms with E-state index in [1.807, 2.05) is 30.8 Å². The molecule has 2 fully saturated rings. The third kappa shape index (κ3) is 8.80. The summed E-state index contributed by atoms with van der Waals surface area (Å²) >= 11 is 9.63. The summed E-state index contributed by atoms with van der Waals surface area (Å²) in [5.41, 5.74) is 4.50. The molecule has 0 bridgehead atoms. The molecule has 1 amide bonds. The lowest BCUT2D eigenvalue weighted by Crippen LogP contribution is -2.35. The number of thioether (sulfide) groups is 2. The Balaban J connectivity index is 1.16. The first-order valence-corrected chi connectivity index (χ1v) is 21.6. The van der Waals surface area contributed by atoms with Crippen LogP contribution in [0, 0.1) is 6.92 Å². The summed E-state index contributed by atoms with van der Waals surface area (Å²) in [7, 11) is 0. The Morgan fingerprint density at radius 2 is 1.79 bits per heavy atom. The number of carbonyl (C=O) groups excluding carboxylic acids is 1. The fourth-order valence-corrected chi connectivity index (χ4v) is 10.9. The minimum atomic E-state index is -1.15. The summed E-state index contributed by atoms with van der Waals surface area (Å²) in [5, 5.41) is 9.55. The second-order valence-electron chi connectivity index (χ2n) is 13.6. The highest BCUT2D eigenvalue weighted by molar-refractivity contribution is 8.30. The lowest BCUT2D eigenvalue weighted by atomic mass is 9.96. The topological polar surface area (TPSA) is 82.8 Å². The van der Waals surface area contributed by atoms with E-state index in [1.54, 1.807) is 6.08 Å². The number of allylic oxidation sites excluding steroid dienone is 1. The highest BCUT2D eigenvalue weighted by Crippen LogP contribution is 2.52. The SMILES string of the molecule is [CH]CCCCCCCCCSc1ccc(N2c3ccc(C=CC=c4s/c(=C5/SC(=S)N(CCC)C5=O)n(CC(=O)O)c4=O)cc3C3CCCC32)cc1. The van der Waals surface area contributed by atoms with E-state index in [9.17, 15) is 19.5 Å². The van der Waals surface area contributed by atoms with Gasteiger partial charge in [-0.2, -0.15) is 0 Å². The van der Waals surface area contributed by atoms with Crippen molar-refractivity contribution in [3.8, 4) is 0 Å². The largest absolute Gasteiger partial charge is 0.480 e. The van der Waals surface area contributed by atoms with Crippen molar-refractivity contribution in [2.45, 2.75) is 107 Å². The van der Waals surface area contributed by atoms with Crippen molar-refractivity contribution in [2.24, 2.45) is 0 Å². The van der Waals surface area contributed by atoms with Crippen LogP contribution in [0.4, 0.5) is 11.4 Å². The molecule has 2 aromatic carbocycles. The van der Waals surface area contributed by atoms with E-state index in [0.717, 1.165) is 53.7 Å². The minimum Gasteiger partial charge on any atom is -0.480 e. The van der Waals surface area contributed by atoms with Crippen LogP contribution in [0.2, 0.25) is 0 Å². The maximum Gasteiger partial charge on any atom is 0.323 e. The molecule has 1 saturated heterocycles. The van der Waals surface area contributed by atoms with Crippen LogP contribution in [0.25, 0.3) is 17.1 Å². The number of unbranched alkanes of at least 4 members (excludes halogenated alkanes) is 7. The van der Waals surface area contributed by atoms with Gasteiger partial charge in [-0.05, 0) is 98.4 Å². The van der Waals surface area contributed by atoms with E-state index < -0.39 is 18.1 Å². The smallest absolute Gasteiger partial charge is 0.323 e. The van der Waals surface area contributed by atoms with Crippen molar-refractivity contribution in [3.63, 3.8) is 0 Å². The first-order chi connectivity index (χ1) is 25.3. The molecule has 7 nitrogen and oxygen atoms in total. The summed E-state index contributed by atoms with van der Waals surface area (Å²) in [6, 6.07) is 16.2. The zero-order valence-electron chi connectivity index (χ0n) is 29.8. The molecule has 0 spiro atoms. The summed E-state index contributed by atoms with van der Waals surface area (Å²) in [6.07, 6.45) is 19.5. The first-order valence-electron chi connectivity index (χ1n) is 18.5. The van der Waals surface area contributed by atoms with Crippen LogP contribution in [-0.2, 0) is 16.1 Å². The fourth-order valence-electron chi connectivity index (χ4n) is 7.51. The number of fused-ring (bicyclic) bond motifs is 3. The quantitative estimate of drug-likeness (QED) is 0.0831. The van der Waals surface area contributed by atoms with Crippen molar-refractivity contribution >= 4 is 91.7 Å². The van der Waals surface area contributed by atoms with Crippen LogP contribution < -0.4 is 19.7 Å². The number of aliphatic carboxylic acids is 1. The number of nitrogens with zero attached hydrogens (tertiary/aromatic N) is 3. The number of benzene rings is 2. The summed E-state index contributed by atoms with van der Waals surface area (Å²) in [6.45, 7) is 7.51. The van der Waals surface area contributed by atoms with E-state index in [2.05, 4.69) is 47.4 Å². The molecule has 3 aromatic rings. The second-order valence-corrected chi connectivity index (χ2v) is 17.5. The van der Waals surface area contributed by atoms with Gasteiger partial charge in [0.2, 0.25) is 0 Å². The Morgan fingerprint density at radius 3 is 2.52 bits per heavy atom. The highest BCUT2D eigenvalue weighted by atomic mass is 32.2. The highest BCUT2D eigenvalue weighted by Gasteiger charge is 2.42. The van der Waals surface area contributed by atoms with Crippen molar-refractivity contribution in [1.29, 1.82) is 0 Å². The molecule has 6 rings (SSSR count). The molecule has 1 N–H and O–H groups in total. The fraction of sp³-hybridized carbons (Fsp3) is 0.439. The van der Waals surface area contributed by atoms with Crippen LogP contribution in [0.1, 0.15) is 101 Å². The average Bonchev–Trinajstić information content (AvgIpc) is 3.88. The van der Waals surface area contributed by atoms with Gasteiger partial charge in [0.15, 0.2) is 0 Å². The normalized spacial score (nSPS) is 19.8. The van der Waals surface area contributed by atoms with Gasteiger partial charge in [0.1, 0.15) is 20.4 Å². The molecule has 2 aliphatic heterocycles. The van der Waals surface area contributed by atoms with Gasteiger partial charge in [-0.1, -0.05) is 94.1 Å². The molecule has 2 unspecified atom stereocenters. The molecule has 52 heavy (non-hydrogen) atoms. The summed E-state index contributed by atoms with van der Waals surface area (Å²) in [4.78, 5) is 43.9. The number of amides is 1. The number of thiocarbonyl (C=S) groups is 1. The van der Waals surface area contributed by atoms with Crippen LogP contribution in [0.3, 0.4) is 0 Å². The molecule has 1 aromatic heterocycles. The monoisotopic (exact) mass is 773 g/mol. The average molecular weight is 774 g/mol. The molecule has 2 radical (unpaired) electrons. The molecular formula is C41H47N3O4S4. The van der Waals surface area contributed by atoms with Crippen LogP contribution in [0.5, 0.6) is 0 Å². The van der Waals surface area contributed by atoms with Crippen molar-refractivity contribution in [1.82, 2.24) is 9.47 Å². The molecule has 1 saturated carbocycles. The number of hydrogen-bond acceptors (Lipinski definition) is 8. The van der Waals surface area contributed by atoms with Gasteiger partial charge in [0.05, 0.1) is 4.53 Å². The van der Waals surface area contributed by atoms with E-state index in [4.69, 9.17) is 19.1 Å². The summed E-state index contributed by atoms with van der Waals surface area (Å²) in [5.74, 6) is 0.212. The summed E-state index contributed by atoms with van der Waals surface area (Å²) < 4.78 is 2.30. The van der Waals surface area contributed by atoms with Crippen LogP contribution >= 0.6 is 47.1 Å². The first kappa shape index (κ1) is 38.6. The molecule has 1 aliphatic carbocycles. The third-order valence-electron chi connectivity index (χ3n) is 9.98. The lowest BCUT2D eigenvalue weighted by molar-refractivity contribution is -0.137. The number of rotatable bonds is 17. The zero-order valence-corrected chi connectivity index (χ0v) is 33.0. The van der Waals surface area contributed by atoms with Gasteiger partial charge in [0, 0.05) is 34.8 Å². The molecule has 274 valence electrons. The Kier molecular flexibility index (Phi) is 13.6. The zero-order chi connectivity index (χ0) is 36.6. The number of carbonyl (C=O) groups is 2. The third-order valence-corrected chi connectivity index (χ3v) is 13.8. The van der Waals surface area contributed by atoms with E-state index in [0.29, 0.717) is 36.9 Å². The van der Waals surface area contributed by atoms with E-state index in [-0.39, 0.29) is 5.91 Å². The van der Waals surface area contributed by atoms with Crippen molar-refractivity contribution < 1.29 is 14.7 Å². The van der Waals surface area contributed by atoms with Gasteiger partial charge in [0.25, 0.3) is 11.5 Å². The molecule has 2 atom stereocenters.